The van der Waals surface area contributed by atoms with Crippen LogP contribution in [0.5, 0.6) is 0 Å². The Hall–Kier alpha value is -2.00. The third kappa shape index (κ3) is 6.89. The fraction of sp³-hybridized carbons (Fsp3) is 0.517. The van der Waals surface area contributed by atoms with E-state index in [1.165, 1.54) is 17.0 Å². The standard InChI is InChI=1S/C29H33Cl3F3N3O2/c1-28(20-6-8-24(31)25(32)17-20,11-15-37-13-9-21(10-14-37)38-12-3-4-26(38)39)27(40)36(2)18-19-5-7-23(30)22(16-19)29(33,34)35/h5-8,16-17,21H,3-4,9-15,18H2,1-2H3. The van der Waals surface area contributed by atoms with Gasteiger partial charge in [0.1, 0.15) is 0 Å². The number of benzene rings is 2. The number of rotatable bonds is 8. The highest BCUT2D eigenvalue weighted by atomic mass is 35.5. The van der Waals surface area contributed by atoms with E-state index >= 15 is 0 Å². The smallest absolute Gasteiger partial charge is 0.341 e. The molecule has 0 N–H and O–H groups in total. The first-order valence-corrected chi connectivity index (χ1v) is 14.5. The van der Waals surface area contributed by atoms with Crippen LogP contribution in [0.3, 0.4) is 0 Å². The van der Waals surface area contributed by atoms with Crippen LogP contribution in [0.25, 0.3) is 0 Å². The maximum atomic E-state index is 14.0. The highest BCUT2D eigenvalue weighted by Gasteiger charge is 2.39. The maximum Gasteiger partial charge on any atom is 0.417 e. The summed E-state index contributed by atoms with van der Waals surface area (Å²) in [7, 11) is 1.58. The van der Waals surface area contributed by atoms with E-state index in [9.17, 15) is 22.8 Å². The van der Waals surface area contributed by atoms with Crippen molar-refractivity contribution in [3.8, 4) is 0 Å². The van der Waals surface area contributed by atoms with E-state index in [2.05, 4.69) is 4.90 Å². The molecular formula is C29H33Cl3F3N3O2. The van der Waals surface area contributed by atoms with Crippen molar-refractivity contribution in [1.29, 1.82) is 0 Å². The fourth-order valence-electron chi connectivity index (χ4n) is 5.76. The molecule has 2 aliphatic rings. The highest BCUT2D eigenvalue weighted by Crippen LogP contribution is 2.37. The first-order valence-electron chi connectivity index (χ1n) is 13.4. The van der Waals surface area contributed by atoms with Gasteiger partial charge in [-0.05, 0) is 74.5 Å². The van der Waals surface area contributed by atoms with Gasteiger partial charge in [-0.25, -0.2) is 0 Å². The molecule has 2 aromatic rings. The second-order valence-electron chi connectivity index (χ2n) is 10.9. The zero-order chi connectivity index (χ0) is 29.2. The van der Waals surface area contributed by atoms with Crippen molar-refractivity contribution in [3.63, 3.8) is 0 Å². The largest absolute Gasteiger partial charge is 0.417 e. The van der Waals surface area contributed by atoms with E-state index < -0.39 is 17.2 Å². The molecule has 0 saturated carbocycles. The van der Waals surface area contributed by atoms with Crippen LogP contribution in [0.2, 0.25) is 15.1 Å². The third-order valence-electron chi connectivity index (χ3n) is 8.17. The number of carbonyl (C=O) groups excluding carboxylic acids is 2. The van der Waals surface area contributed by atoms with Gasteiger partial charge < -0.3 is 14.7 Å². The summed E-state index contributed by atoms with van der Waals surface area (Å²) >= 11 is 18.3. The van der Waals surface area contributed by atoms with E-state index in [-0.39, 0.29) is 29.4 Å². The lowest BCUT2D eigenvalue weighted by Crippen LogP contribution is -2.48. The van der Waals surface area contributed by atoms with Crippen molar-refractivity contribution in [2.75, 3.05) is 33.2 Å². The van der Waals surface area contributed by atoms with Gasteiger partial charge in [0, 0.05) is 45.7 Å². The van der Waals surface area contributed by atoms with Gasteiger partial charge >= 0.3 is 6.18 Å². The Morgan fingerprint density at radius 1 is 1.00 bits per heavy atom. The Balaban J connectivity index is 1.50. The van der Waals surface area contributed by atoms with Crippen molar-refractivity contribution in [1.82, 2.24) is 14.7 Å². The molecule has 1 atom stereocenters. The predicted molar refractivity (Wildman–Crippen MR) is 152 cm³/mol. The topological polar surface area (TPSA) is 43.9 Å². The Kier molecular flexibility index (Phi) is 9.65. The lowest BCUT2D eigenvalue weighted by atomic mass is 9.77. The number of likely N-dealkylation sites (tertiary alicyclic amines) is 2. The average Bonchev–Trinajstić information content (AvgIpc) is 3.34. The Labute approximate surface area is 248 Å². The fourth-order valence-corrected chi connectivity index (χ4v) is 6.28. The second kappa shape index (κ2) is 12.5. The maximum absolute atomic E-state index is 14.0. The molecule has 2 amide bonds. The second-order valence-corrected chi connectivity index (χ2v) is 12.2. The molecule has 0 aliphatic carbocycles. The molecule has 1 unspecified atom stereocenters. The number of alkyl halides is 3. The summed E-state index contributed by atoms with van der Waals surface area (Å²) in [5.41, 5.74) is -0.936. The van der Waals surface area contributed by atoms with Crippen molar-refractivity contribution < 1.29 is 22.8 Å². The third-order valence-corrected chi connectivity index (χ3v) is 9.24. The first kappa shape index (κ1) is 30.9. The normalized spacial score (nSPS) is 18.7. The minimum Gasteiger partial charge on any atom is -0.341 e. The zero-order valence-electron chi connectivity index (χ0n) is 22.5. The average molecular weight is 619 g/mol. The van der Waals surface area contributed by atoms with Crippen LogP contribution < -0.4 is 0 Å². The van der Waals surface area contributed by atoms with Gasteiger partial charge in [-0.15, -0.1) is 0 Å². The van der Waals surface area contributed by atoms with Gasteiger partial charge in [-0.3, -0.25) is 9.59 Å². The molecule has 2 aromatic carbocycles. The van der Waals surface area contributed by atoms with E-state index in [4.69, 9.17) is 34.8 Å². The van der Waals surface area contributed by atoms with Gasteiger partial charge in [0.15, 0.2) is 0 Å². The van der Waals surface area contributed by atoms with Gasteiger partial charge in [-0.1, -0.05) is 46.9 Å². The van der Waals surface area contributed by atoms with Crippen LogP contribution >= 0.6 is 34.8 Å². The quantitative estimate of drug-likeness (QED) is 0.318. The SMILES string of the molecule is CN(Cc1ccc(Cl)c(C(F)(F)F)c1)C(=O)C(C)(CCN1CCC(N2CCCC2=O)CC1)c1ccc(Cl)c(Cl)c1. The van der Waals surface area contributed by atoms with Crippen molar-refractivity contribution in [2.24, 2.45) is 0 Å². The molecule has 0 bridgehead atoms. The van der Waals surface area contributed by atoms with Crippen LogP contribution in [0.4, 0.5) is 13.2 Å². The van der Waals surface area contributed by atoms with E-state index in [0.29, 0.717) is 40.6 Å². The number of amides is 2. The highest BCUT2D eigenvalue weighted by molar-refractivity contribution is 6.42. The summed E-state index contributed by atoms with van der Waals surface area (Å²) in [6.45, 7) is 4.92. The van der Waals surface area contributed by atoms with Crippen LogP contribution in [-0.4, -0.2) is 65.8 Å². The Morgan fingerprint density at radius 2 is 1.68 bits per heavy atom. The van der Waals surface area contributed by atoms with E-state index in [1.54, 1.807) is 25.2 Å². The number of piperidine rings is 1. The van der Waals surface area contributed by atoms with Gasteiger partial charge in [0.2, 0.25) is 11.8 Å². The number of nitrogens with zero attached hydrogens (tertiary/aromatic N) is 3. The summed E-state index contributed by atoms with van der Waals surface area (Å²) < 4.78 is 40.2. The summed E-state index contributed by atoms with van der Waals surface area (Å²) in [5, 5.41) is 0.307. The lowest BCUT2D eigenvalue weighted by molar-refractivity contribution is -0.137. The number of carbonyl (C=O) groups is 2. The molecule has 218 valence electrons. The first-order chi connectivity index (χ1) is 18.8. The Morgan fingerprint density at radius 3 is 2.27 bits per heavy atom. The summed E-state index contributed by atoms with van der Waals surface area (Å²) in [6.07, 6.45) is -0.798. The molecule has 2 aliphatic heterocycles. The molecule has 40 heavy (non-hydrogen) atoms. The number of hydrogen-bond acceptors (Lipinski definition) is 3. The van der Waals surface area contributed by atoms with Crippen LogP contribution in [0, 0.1) is 0 Å². The summed E-state index contributed by atoms with van der Waals surface area (Å²) in [5.74, 6) is -0.00531. The minimum atomic E-state index is -4.60. The molecule has 4 rings (SSSR count). The van der Waals surface area contributed by atoms with E-state index in [1.807, 2.05) is 11.8 Å². The van der Waals surface area contributed by atoms with Gasteiger partial charge in [-0.2, -0.15) is 13.2 Å². The molecule has 0 spiro atoms. The molecular weight excluding hydrogens is 586 g/mol. The van der Waals surface area contributed by atoms with E-state index in [0.717, 1.165) is 45.0 Å². The van der Waals surface area contributed by atoms with Crippen molar-refractivity contribution in [2.45, 2.75) is 63.2 Å². The monoisotopic (exact) mass is 617 g/mol. The molecule has 2 saturated heterocycles. The molecule has 2 heterocycles. The van der Waals surface area contributed by atoms with Crippen LogP contribution in [0.1, 0.15) is 55.7 Å². The summed E-state index contributed by atoms with van der Waals surface area (Å²) in [4.78, 5) is 31.9. The van der Waals surface area contributed by atoms with Crippen LogP contribution in [0.15, 0.2) is 36.4 Å². The Bertz CT molecular complexity index is 1250. The summed E-state index contributed by atoms with van der Waals surface area (Å²) in [6, 6.07) is 9.06. The lowest BCUT2D eigenvalue weighted by Gasteiger charge is -2.39. The van der Waals surface area contributed by atoms with Crippen molar-refractivity contribution >= 4 is 46.6 Å². The zero-order valence-corrected chi connectivity index (χ0v) is 24.8. The number of likely N-dealkylation sites (N-methyl/N-ethyl adjacent to an activating group) is 1. The predicted octanol–water partition coefficient (Wildman–Crippen LogP) is 7.06. The minimum absolute atomic E-state index is 0.0226. The van der Waals surface area contributed by atoms with Crippen molar-refractivity contribution in [3.05, 3.63) is 68.2 Å². The molecule has 0 aromatic heterocycles. The molecule has 11 heteroatoms. The molecule has 2 fully saturated rings. The number of hydrogen-bond donors (Lipinski definition) is 0. The van der Waals surface area contributed by atoms with Gasteiger partial charge in [0.25, 0.3) is 0 Å². The van der Waals surface area contributed by atoms with Crippen LogP contribution in [-0.2, 0) is 27.7 Å². The molecule has 0 radical (unpaired) electrons. The number of halogens is 6. The molecule has 5 nitrogen and oxygen atoms in total. The van der Waals surface area contributed by atoms with Gasteiger partial charge in [0.05, 0.1) is 26.0 Å².